The van der Waals surface area contributed by atoms with Gasteiger partial charge in [0.25, 0.3) is 5.91 Å². The highest BCUT2D eigenvalue weighted by Gasteiger charge is 2.17. The number of hydrogen-bond donors (Lipinski definition) is 1. The topological polar surface area (TPSA) is 51.2 Å². The van der Waals surface area contributed by atoms with Crippen LogP contribution in [0, 0.1) is 0 Å². The molecule has 1 amide bonds. The number of ether oxygens (including phenoxy) is 1. The largest absolute Gasteiger partial charge is 0.495 e. The summed E-state index contributed by atoms with van der Waals surface area (Å²) in [6.07, 6.45) is 1.72. The van der Waals surface area contributed by atoms with Crippen LogP contribution in [0.3, 0.4) is 0 Å². The number of nitrogens with zero attached hydrogens (tertiary/aromatic N) is 1. The van der Waals surface area contributed by atoms with Gasteiger partial charge in [-0.25, -0.2) is 0 Å². The van der Waals surface area contributed by atoms with Gasteiger partial charge in [-0.2, -0.15) is 0 Å². The molecule has 3 aromatic rings. The number of carbonyl (C=O) groups excluding carboxylic acids is 1. The maximum absolute atomic E-state index is 12.7. The summed E-state index contributed by atoms with van der Waals surface area (Å²) >= 11 is 6.80. The Kier molecular flexibility index (Phi) is 4.63. The van der Waals surface area contributed by atoms with Gasteiger partial charge in [0.2, 0.25) is 0 Å². The third-order valence-electron chi connectivity index (χ3n) is 3.35. The Morgan fingerprint density at radius 2 is 2.00 bits per heavy atom. The van der Waals surface area contributed by atoms with Crippen LogP contribution < -0.4 is 10.1 Å². The number of hydrogen-bond acceptors (Lipinski definition) is 3. The first-order valence-electron chi connectivity index (χ1n) is 6.78. The fraction of sp³-hybridized carbons (Fsp3) is 0.0588. The molecule has 0 aliphatic rings. The molecule has 3 rings (SSSR count). The molecule has 6 heteroatoms. The molecular formula is C17H12Br2N2O2. The molecule has 0 fully saturated rings. The minimum Gasteiger partial charge on any atom is -0.495 e. The number of nitrogens with one attached hydrogen (secondary N) is 1. The molecule has 0 radical (unpaired) electrons. The summed E-state index contributed by atoms with van der Waals surface area (Å²) in [5.41, 5.74) is 1.97. The Morgan fingerprint density at radius 3 is 2.78 bits per heavy atom. The predicted molar refractivity (Wildman–Crippen MR) is 98.1 cm³/mol. The van der Waals surface area contributed by atoms with Crippen LogP contribution in [0.25, 0.3) is 10.9 Å². The molecule has 0 aliphatic heterocycles. The Hall–Kier alpha value is -1.92. The van der Waals surface area contributed by atoms with E-state index in [0.29, 0.717) is 21.5 Å². The zero-order valence-corrected chi connectivity index (χ0v) is 15.3. The number of rotatable bonds is 3. The van der Waals surface area contributed by atoms with Crippen LogP contribution in [-0.2, 0) is 0 Å². The summed E-state index contributed by atoms with van der Waals surface area (Å²) in [4.78, 5) is 17.0. The number of halogens is 2. The van der Waals surface area contributed by atoms with Crippen molar-refractivity contribution in [3.63, 3.8) is 0 Å². The van der Waals surface area contributed by atoms with Crippen molar-refractivity contribution in [3.8, 4) is 5.75 Å². The van der Waals surface area contributed by atoms with E-state index in [4.69, 9.17) is 4.74 Å². The summed E-state index contributed by atoms with van der Waals surface area (Å²) in [6, 6.07) is 12.9. The lowest BCUT2D eigenvalue weighted by molar-refractivity contribution is 0.102. The van der Waals surface area contributed by atoms with Crippen LogP contribution in [0.2, 0.25) is 0 Å². The van der Waals surface area contributed by atoms with E-state index >= 15 is 0 Å². The molecule has 0 spiro atoms. The second-order valence-corrected chi connectivity index (χ2v) is 6.57. The van der Waals surface area contributed by atoms with Gasteiger partial charge in [-0.05, 0) is 52.3 Å². The summed E-state index contributed by atoms with van der Waals surface area (Å²) in [5, 5.41) is 3.82. The number of pyridine rings is 1. The molecule has 0 bridgehead atoms. The third kappa shape index (κ3) is 3.23. The van der Waals surface area contributed by atoms with Crippen molar-refractivity contribution in [2.24, 2.45) is 0 Å². The first kappa shape index (κ1) is 16.0. The number of benzene rings is 2. The molecule has 0 unspecified atom stereocenters. The molecule has 0 aliphatic carbocycles. The molecule has 0 atom stereocenters. The lowest BCUT2D eigenvalue weighted by atomic mass is 10.1. The number of carbonyl (C=O) groups is 1. The van der Waals surface area contributed by atoms with Crippen molar-refractivity contribution in [2.45, 2.75) is 0 Å². The van der Waals surface area contributed by atoms with Gasteiger partial charge in [0.1, 0.15) is 5.75 Å². The average molecular weight is 436 g/mol. The summed E-state index contributed by atoms with van der Waals surface area (Å²) in [7, 11) is 1.53. The molecular weight excluding hydrogens is 424 g/mol. The number of fused-ring (bicyclic) bond motifs is 1. The molecule has 1 heterocycles. The van der Waals surface area contributed by atoms with E-state index in [2.05, 4.69) is 42.2 Å². The maximum atomic E-state index is 12.7. The normalized spacial score (nSPS) is 10.6. The van der Waals surface area contributed by atoms with Gasteiger partial charge >= 0.3 is 0 Å². The highest BCUT2D eigenvalue weighted by Crippen LogP contribution is 2.33. The minimum atomic E-state index is -0.250. The number of aromatic nitrogens is 1. The number of amides is 1. The van der Waals surface area contributed by atoms with Crippen LogP contribution in [-0.4, -0.2) is 18.0 Å². The Bertz CT molecular complexity index is 892. The van der Waals surface area contributed by atoms with Crippen molar-refractivity contribution < 1.29 is 9.53 Å². The quantitative estimate of drug-likeness (QED) is 0.628. The molecule has 2 aromatic carbocycles. The van der Waals surface area contributed by atoms with Crippen LogP contribution >= 0.6 is 31.9 Å². The van der Waals surface area contributed by atoms with Crippen molar-refractivity contribution >= 4 is 54.4 Å². The molecule has 0 saturated carbocycles. The van der Waals surface area contributed by atoms with Gasteiger partial charge in [-0.15, -0.1) is 0 Å². The first-order valence-corrected chi connectivity index (χ1v) is 8.37. The summed E-state index contributed by atoms with van der Waals surface area (Å²) < 4.78 is 6.83. The number of methoxy groups -OCH3 is 1. The zero-order valence-electron chi connectivity index (χ0n) is 12.1. The smallest absolute Gasteiger partial charge is 0.259 e. The van der Waals surface area contributed by atoms with Gasteiger partial charge < -0.3 is 10.1 Å². The monoisotopic (exact) mass is 434 g/mol. The Morgan fingerprint density at radius 1 is 1.17 bits per heavy atom. The predicted octanol–water partition coefficient (Wildman–Crippen LogP) is 5.02. The van der Waals surface area contributed by atoms with E-state index in [0.717, 1.165) is 15.4 Å². The van der Waals surface area contributed by atoms with E-state index in [1.165, 1.54) is 7.11 Å². The summed E-state index contributed by atoms with van der Waals surface area (Å²) in [6.45, 7) is 0. The van der Waals surface area contributed by atoms with Crippen molar-refractivity contribution in [1.29, 1.82) is 0 Å². The maximum Gasteiger partial charge on any atom is 0.259 e. The van der Waals surface area contributed by atoms with E-state index in [1.54, 1.807) is 12.3 Å². The van der Waals surface area contributed by atoms with Crippen molar-refractivity contribution in [3.05, 3.63) is 63.2 Å². The first-order chi connectivity index (χ1) is 11.1. The Labute approximate surface area is 150 Å². The van der Waals surface area contributed by atoms with Gasteiger partial charge in [0, 0.05) is 16.1 Å². The molecule has 1 N–H and O–H groups in total. The molecule has 23 heavy (non-hydrogen) atoms. The average Bonchev–Trinajstić information content (AvgIpc) is 2.54. The lowest BCUT2D eigenvalue weighted by Crippen LogP contribution is -2.14. The second kappa shape index (κ2) is 6.68. The van der Waals surface area contributed by atoms with Crippen LogP contribution in [0.1, 0.15) is 10.4 Å². The SMILES string of the molecule is COc1c(Br)cc(Br)cc1C(=O)Nc1cccc2ncccc12. The lowest BCUT2D eigenvalue weighted by Gasteiger charge is -2.13. The number of anilines is 1. The second-order valence-electron chi connectivity index (χ2n) is 4.80. The standard InChI is InChI=1S/C17H12Br2N2O2/c1-23-16-12(8-10(18)9-13(16)19)17(22)21-15-6-2-5-14-11(15)4-3-7-20-14/h2-9H,1H3,(H,21,22). The fourth-order valence-electron chi connectivity index (χ4n) is 2.34. The highest BCUT2D eigenvalue weighted by atomic mass is 79.9. The van der Waals surface area contributed by atoms with Crippen LogP contribution in [0.4, 0.5) is 5.69 Å². The zero-order chi connectivity index (χ0) is 16.4. The molecule has 116 valence electrons. The highest BCUT2D eigenvalue weighted by molar-refractivity contribution is 9.11. The van der Waals surface area contributed by atoms with E-state index < -0.39 is 0 Å². The van der Waals surface area contributed by atoms with Gasteiger partial charge in [-0.1, -0.05) is 22.0 Å². The Balaban J connectivity index is 2.02. The van der Waals surface area contributed by atoms with Crippen LogP contribution in [0.5, 0.6) is 5.75 Å². The molecule has 0 saturated heterocycles. The van der Waals surface area contributed by atoms with E-state index in [9.17, 15) is 4.79 Å². The molecule has 1 aromatic heterocycles. The fourth-order valence-corrected chi connectivity index (χ4v) is 3.73. The van der Waals surface area contributed by atoms with Gasteiger partial charge in [0.05, 0.1) is 28.4 Å². The summed E-state index contributed by atoms with van der Waals surface area (Å²) in [5.74, 6) is 0.240. The van der Waals surface area contributed by atoms with E-state index in [1.807, 2.05) is 36.4 Å². The van der Waals surface area contributed by atoms with Gasteiger partial charge in [0.15, 0.2) is 0 Å². The van der Waals surface area contributed by atoms with Crippen LogP contribution in [0.15, 0.2) is 57.6 Å². The minimum absolute atomic E-state index is 0.250. The third-order valence-corrected chi connectivity index (χ3v) is 4.40. The molecule has 4 nitrogen and oxygen atoms in total. The van der Waals surface area contributed by atoms with Crippen molar-refractivity contribution in [2.75, 3.05) is 12.4 Å². The van der Waals surface area contributed by atoms with E-state index in [-0.39, 0.29) is 5.91 Å². The van der Waals surface area contributed by atoms with Crippen molar-refractivity contribution in [1.82, 2.24) is 4.98 Å². The van der Waals surface area contributed by atoms with Gasteiger partial charge in [-0.3, -0.25) is 9.78 Å².